The number of piperidine rings is 1. The number of halogens is 1. The first-order valence-corrected chi connectivity index (χ1v) is 10.4. The molecular weight excluding hydrogens is 382 g/mol. The predicted octanol–water partition coefficient (Wildman–Crippen LogP) is 5.35. The molecule has 4 rings (SSSR count). The van der Waals surface area contributed by atoms with E-state index in [9.17, 15) is 4.79 Å². The second-order valence-electron chi connectivity index (χ2n) is 7.42. The summed E-state index contributed by atoms with van der Waals surface area (Å²) >= 11 is 6.00. The quantitative estimate of drug-likeness (QED) is 0.573. The van der Waals surface area contributed by atoms with Crippen molar-refractivity contribution in [3.05, 3.63) is 101 Å². The molecule has 0 radical (unpaired) electrons. The first-order valence-electron chi connectivity index (χ1n) is 9.98. The van der Waals surface area contributed by atoms with Crippen LogP contribution < -0.4 is 4.74 Å². The molecule has 0 saturated carbocycles. The van der Waals surface area contributed by atoms with Gasteiger partial charge in [0.15, 0.2) is 0 Å². The van der Waals surface area contributed by atoms with Gasteiger partial charge >= 0.3 is 0 Å². The van der Waals surface area contributed by atoms with Crippen molar-refractivity contribution < 1.29 is 9.53 Å². The molecular formula is C25H24ClNO2. The van der Waals surface area contributed by atoms with Crippen molar-refractivity contribution in [1.82, 2.24) is 4.90 Å². The summed E-state index contributed by atoms with van der Waals surface area (Å²) in [7, 11) is 0. The second kappa shape index (κ2) is 9.15. The number of ether oxygens (including phenoxy) is 1. The molecule has 0 bridgehead atoms. The standard InChI is InChI=1S/C25H24ClNO2/c26-21-11-13-22(14-12-21)29-24-15-16-27(18-23(24)20-9-5-2-6-10-20)25(28)17-19-7-3-1-4-8-19/h1-14,23-24H,15-18H2/t23-,24+/m1/s1. The number of hydrogen-bond donors (Lipinski definition) is 0. The molecule has 3 nitrogen and oxygen atoms in total. The minimum atomic E-state index is 0.0133. The van der Waals surface area contributed by atoms with Crippen LogP contribution in [0.1, 0.15) is 23.5 Å². The summed E-state index contributed by atoms with van der Waals surface area (Å²) in [5.41, 5.74) is 2.25. The van der Waals surface area contributed by atoms with Gasteiger partial charge in [-0.05, 0) is 35.4 Å². The van der Waals surface area contributed by atoms with Gasteiger partial charge in [0, 0.05) is 30.5 Å². The van der Waals surface area contributed by atoms with E-state index in [1.54, 1.807) is 0 Å². The smallest absolute Gasteiger partial charge is 0.227 e. The van der Waals surface area contributed by atoms with Crippen LogP contribution in [0.5, 0.6) is 5.75 Å². The van der Waals surface area contributed by atoms with Crippen LogP contribution in [-0.2, 0) is 11.2 Å². The molecule has 1 heterocycles. The van der Waals surface area contributed by atoms with E-state index in [1.807, 2.05) is 77.7 Å². The van der Waals surface area contributed by atoms with Crippen LogP contribution in [0.2, 0.25) is 5.02 Å². The molecule has 4 heteroatoms. The fourth-order valence-electron chi connectivity index (χ4n) is 3.89. The number of likely N-dealkylation sites (tertiary alicyclic amines) is 1. The summed E-state index contributed by atoms with van der Waals surface area (Å²) in [6.07, 6.45) is 1.24. The molecule has 0 N–H and O–H groups in total. The first kappa shape index (κ1) is 19.5. The molecule has 2 atom stereocenters. The third kappa shape index (κ3) is 4.99. The summed E-state index contributed by atoms with van der Waals surface area (Å²) in [5, 5.41) is 0.693. The molecule has 0 spiro atoms. The van der Waals surface area contributed by atoms with Gasteiger partial charge in [0.05, 0.1) is 6.42 Å². The van der Waals surface area contributed by atoms with Gasteiger partial charge in [-0.15, -0.1) is 0 Å². The number of carbonyl (C=O) groups excluding carboxylic acids is 1. The normalized spacial score (nSPS) is 19.0. The zero-order valence-corrected chi connectivity index (χ0v) is 17.0. The number of nitrogens with zero attached hydrogens (tertiary/aromatic N) is 1. The number of carbonyl (C=O) groups is 1. The van der Waals surface area contributed by atoms with Gasteiger partial charge in [-0.25, -0.2) is 0 Å². The Kier molecular flexibility index (Phi) is 6.16. The fraction of sp³-hybridized carbons (Fsp3) is 0.240. The number of amides is 1. The lowest BCUT2D eigenvalue weighted by Gasteiger charge is -2.39. The average molecular weight is 406 g/mol. The highest BCUT2D eigenvalue weighted by molar-refractivity contribution is 6.30. The molecule has 3 aromatic carbocycles. The SMILES string of the molecule is O=C(Cc1ccccc1)N1CC[C@H](Oc2ccc(Cl)cc2)[C@@H](c2ccccc2)C1. The van der Waals surface area contributed by atoms with E-state index in [-0.39, 0.29) is 17.9 Å². The zero-order valence-electron chi connectivity index (χ0n) is 16.2. The maximum atomic E-state index is 12.9. The summed E-state index contributed by atoms with van der Waals surface area (Å²) < 4.78 is 6.33. The van der Waals surface area contributed by atoms with Crippen molar-refractivity contribution in [1.29, 1.82) is 0 Å². The molecule has 148 valence electrons. The molecule has 0 unspecified atom stereocenters. The third-order valence-corrected chi connectivity index (χ3v) is 5.68. The van der Waals surface area contributed by atoms with E-state index < -0.39 is 0 Å². The van der Waals surface area contributed by atoms with E-state index in [2.05, 4.69) is 12.1 Å². The molecule has 1 aliphatic heterocycles. The molecule has 29 heavy (non-hydrogen) atoms. The largest absolute Gasteiger partial charge is 0.490 e. The van der Waals surface area contributed by atoms with Crippen LogP contribution in [0, 0.1) is 0 Å². The lowest BCUT2D eigenvalue weighted by Crippen LogP contribution is -2.47. The van der Waals surface area contributed by atoms with Crippen LogP contribution in [0.4, 0.5) is 0 Å². The third-order valence-electron chi connectivity index (χ3n) is 5.43. The van der Waals surface area contributed by atoms with E-state index in [4.69, 9.17) is 16.3 Å². The van der Waals surface area contributed by atoms with Gasteiger partial charge in [-0.3, -0.25) is 4.79 Å². The molecule has 0 aliphatic carbocycles. The van der Waals surface area contributed by atoms with Crippen molar-refractivity contribution in [2.45, 2.75) is 24.9 Å². The minimum Gasteiger partial charge on any atom is -0.490 e. The van der Waals surface area contributed by atoms with E-state index >= 15 is 0 Å². The number of rotatable bonds is 5. The zero-order chi connectivity index (χ0) is 20.1. The molecule has 1 saturated heterocycles. The van der Waals surface area contributed by atoms with Crippen molar-refractivity contribution in [3.8, 4) is 5.75 Å². The van der Waals surface area contributed by atoms with Gasteiger partial charge in [-0.2, -0.15) is 0 Å². The van der Waals surface area contributed by atoms with Crippen LogP contribution in [0.15, 0.2) is 84.9 Å². The molecule has 3 aromatic rings. The first-order chi connectivity index (χ1) is 14.2. The Hall–Kier alpha value is -2.78. The Bertz CT molecular complexity index is 928. The highest BCUT2D eigenvalue weighted by atomic mass is 35.5. The van der Waals surface area contributed by atoms with Crippen molar-refractivity contribution in [3.63, 3.8) is 0 Å². The van der Waals surface area contributed by atoms with Crippen LogP contribution >= 0.6 is 11.6 Å². The van der Waals surface area contributed by atoms with Gasteiger partial charge in [0.2, 0.25) is 5.91 Å². The lowest BCUT2D eigenvalue weighted by molar-refractivity contribution is -0.132. The molecule has 1 aliphatic rings. The van der Waals surface area contributed by atoms with Crippen LogP contribution in [0.3, 0.4) is 0 Å². The van der Waals surface area contributed by atoms with Crippen molar-refractivity contribution in [2.24, 2.45) is 0 Å². The summed E-state index contributed by atoms with van der Waals surface area (Å²) in [4.78, 5) is 14.9. The van der Waals surface area contributed by atoms with E-state index in [0.29, 0.717) is 24.5 Å². The Balaban J connectivity index is 1.50. The van der Waals surface area contributed by atoms with Crippen molar-refractivity contribution in [2.75, 3.05) is 13.1 Å². The van der Waals surface area contributed by atoms with Gasteiger partial charge in [-0.1, -0.05) is 72.3 Å². The summed E-state index contributed by atoms with van der Waals surface area (Å²) in [6, 6.07) is 27.7. The average Bonchev–Trinajstić information content (AvgIpc) is 2.77. The monoisotopic (exact) mass is 405 g/mol. The Morgan fingerprint density at radius 1 is 0.931 bits per heavy atom. The summed E-state index contributed by atoms with van der Waals surface area (Å²) in [6.45, 7) is 1.36. The minimum absolute atomic E-state index is 0.0133. The maximum absolute atomic E-state index is 12.9. The second-order valence-corrected chi connectivity index (χ2v) is 7.85. The van der Waals surface area contributed by atoms with Gasteiger partial charge < -0.3 is 9.64 Å². The van der Waals surface area contributed by atoms with E-state index in [0.717, 1.165) is 17.7 Å². The van der Waals surface area contributed by atoms with E-state index in [1.165, 1.54) is 5.56 Å². The molecule has 1 fully saturated rings. The maximum Gasteiger partial charge on any atom is 0.227 e. The highest BCUT2D eigenvalue weighted by Gasteiger charge is 2.34. The molecule has 0 aromatic heterocycles. The van der Waals surface area contributed by atoms with Crippen LogP contribution in [-0.4, -0.2) is 30.0 Å². The summed E-state index contributed by atoms with van der Waals surface area (Å²) in [5.74, 6) is 1.10. The Morgan fingerprint density at radius 3 is 2.28 bits per heavy atom. The number of hydrogen-bond acceptors (Lipinski definition) is 2. The van der Waals surface area contributed by atoms with Crippen molar-refractivity contribution >= 4 is 17.5 Å². The van der Waals surface area contributed by atoms with Gasteiger partial charge in [0.25, 0.3) is 0 Å². The van der Waals surface area contributed by atoms with Crippen LogP contribution in [0.25, 0.3) is 0 Å². The Labute approximate surface area is 176 Å². The lowest BCUT2D eigenvalue weighted by atomic mass is 9.87. The molecule has 1 amide bonds. The highest BCUT2D eigenvalue weighted by Crippen LogP contribution is 2.31. The Morgan fingerprint density at radius 2 is 1.59 bits per heavy atom. The number of benzene rings is 3. The van der Waals surface area contributed by atoms with Gasteiger partial charge in [0.1, 0.15) is 11.9 Å². The predicted molar refractivity (Wildman–Crippen MR) is 116 cm³/mol. The topological polar surface area (TPSA) is 29.5 Å². The fourth-order valence-corrected chi connectivity index (χ4v) is 4.01.